The SMILES string of the molecule is COc1ncc(F)cc1C(CCC1OCCCO1)N[S@](=O)C(C)(C)C. The highest BCUT2D eigenvalue weighted by atomic mass is 32.2. The lowest BCUT2D eigenvalue weighted by atomic mass is 10.0. The fourth-order valence-electron chi connectivity index (χ4n) is 2.45. The van der Waals surface area contributed by atoms with Crippen LogP contribution in [0.1, 0.15) is 51.6 Å². The molecule has 25 heavy (non-hydrogen) atoms. The van der Waals surface area contributed by atoms with Gasteiger partial charge in [-0.1, -0.05) is 0 Å². The molecule has 0 aliphatic carbocycles. The second-order valence-electron chi connectivity index (χ2n) is 6.91. The molecule has 1 saturated heterocycles. The van der Waals surface area contributed by atoms with E-state index in [1.54, 1.807) is 0 Å². The summed E-state index contributed by atoms with van der Waals surface area (Å²) in [6.07, 6.45) is 2.84. The van der Waals surface area contributed by atoms with Crippen LogP contribution in [-0.2, 0) is 20.5 Å². The van der Waals surface area contributed by atoms with Crippen LogP contribution >= 0.6 is 0 Å². The minimum atomic E-state index is -1.33. The Bertz CT molecular complexity index is 589. The molecule has 8 heteroatoms. The number of aromatic nitrogens is 1. The highest BCUT2D eigenvalue weighted by Gasteiger charge is 2.27. The molecule has 6 nitrogen and oxygen atoms in total. The number of ether oxygens (including phenoxy) is 3. The van der Waals surface area contributed by atoms with E-state index < -0.39 is 27.6 Å². The zero-order valence-corrected chi connectivity index (χ0v) is 16.0. The molecule has 1 N–H and O–H groups in total. The van der Waals surface area contributed by atoms with E-state index in [-0.39, 0.29) is 6.29 Å². The van der Waals surface area contributed by atoms with Crippen LogP contribution in [0.2, 0.25) is 0 Å². The lowest BCUT2D eigenvalue weighted by Gasteiger charge is -2.28. The molecule has 1 unspecified atom stereocenters. The summed E-state index contributed by atoms with van der Waals surface area (Å²) in [4.78, 5) is 3.98. The third-order valence-electron chi connectivity index (χ3n) is 3.81. The van der Waals surface area contributed by atoms with Gasteiger partial charge >= 0.3 is 0 Å². The van der Waals surface area contributed by atoms with Crippen molar-refractivity contribution in [2.24, 2.45) is 0 Å². The second kappa shape index (κ2) is 9.02. The fourth-order valence-corrected chi connectivity index (χ4v) is 3.31. The highest BCUT2D eigenvalue weighted by Crippen LogP contribution is 2.29. The van der Waals surface area contributed by atoms with Crippen molar-refractivity contribution in [3.8, 4) is 5.88 Å². The predicted molar refractivity (Wildman–Crippen MR) is 94.1 cm³/mol. The number of hydrogen-bond donors (Lipinski definition) is 1. The van der Waals surface area contributed by atoms with E-state index in [1.165, 1.54) is 13.2 Å². The van der Waals surface area contributed by atoms with Crippen molar-refractivity contribution in [3.63, 3.8) is 0 Å². The van der Waals surface area contributed by atoms with Crippen LogP contribution in [0.4, 0.5) is 4.39 Å². The maximum atomic E-state index is 13.7. The van der Waals surface area contributed by atoms with Gasteiger partial charge in [0.25, 0.3) is 0 Å². The summed E-state index contributed by atoms with van der Waals surface area (Å²) in [5.41, 5.74) is 0.538. The van der Waals surface area contributed by atoms with Crippen molar-refractivity contribution in [1.29, 1.82) is 0 Å². The van der Waals surface area contributed by atoms with Crippen LogP contribution in [0.3, 0.4) is 0 Å². The molecule has 1 aliphatic heterocycles. The number of pyridine rings is 1. The second-order valence-corrected chi connectivity index (χ2v) is 8.90. The van der Waals surface area contributed by atoms with Gasteiger partial charge in [0.1, 0.15) is 5.82 Å². The topological polar surface area (TPSA) is 69.7 Å². The maximum Gasteiger partial charge on any atom is 0.218 e. The average molecular weight is 374 g/mol. The van der Waals surface area contributed by atoms with Gasteiger partial charge in [0, 0.05) is 12.0 Å². The summed E-state index contributed by atoms with van der Waals surface area (Å²) >= 11 is 0. The lowest BCUT2D eigenvalue weighted by molar-refractivity contribution is -0.182. The van der Waals surface area contributed by atoms with Crippen LogP contribution in [0.15, 0.2) is 12.3 Å². The molecule has 0 amide bonds. The summed E-state index contributed by atoms with van der Waals surface area (Å²) < 4.78 is 45.3. The van der Waals surface area contributed by atoms with Gasteiger partial charge in [-0.25, -0.2) is 18.3 Å². The first-order valence-electron chi connectivity index (χ1n) is 8.42. The Labute approximate surface area is 151 Å². The third-order valence-corrected chi connectivity index (χ3v) is 5.42. The Kier molecular flexibility index (Phi) is 7.30. The van der Waals surface area contributed by atoms with Gasteiger partial charge in [-0.05, 0) is 39.7 Å². The van der Waals surface area contributed by atoms with E-state index >= 15 is 0 Å². The maximum absolute atomic E-state index is 13.7. The highest BCUT2D eigenvalue weighted by molar-refractivity contribution is 7.84. The van der Waals surface area contributed by atoms with Crippen LogP contribution in [0.5, 0.6) is 5.88 Å². The first-order valence-corrected chi connectivity index (χ1v) is 9.57. The van der Waals surface area contributed by atoms with Crippen molar-refractivity contribution >= 4 is 11.0 Å². The summed E-state index contributed by atoms with van der Waals surface area (Å²) in [7, 11) is 0.152. The molecule has 0 radical (unpaired) electrons. The fraction of sp³-hybridized carbons (Fsp3) is 0.706. The monoisotopic (exact) mass is 374 g/mol. The van der Waals surface area contributed by atoms with Gasteiger partial charge in [0.15, 0.2) is 6.29 Å². The van der Waals surface area contributed by atoms with Gasteiger partial charge < -0.3 is 14.2 Å². The first kappa shape index (κ1) is 20.2. The molecular weight excluding hydrogens is 347 g/mol. The van der Waals surface area contributed by atoms with Gasteiger partial charge in [0.2, 0.25) is 5.88 Å². The lowest BCUT2D eigenvalue weighted by Crippen LogP contribution is -2.36. The van der Waals surface area contributed by atoms with Crippen molar-refractivity contribution in [2.45, 2.75) is 57.1 Å². The van der Waals surface area contributed by atoms with Crippen LogP contribution in [-0.4, -0.2) is 40.6 Å². The average Bonchev–Trinajstić information content (AvgIpc) is 2.58. The van der Waals surface area contributed by atoms with Crippen LogP contribution in [0, 0.1) is 5.82 Å². The van der Waals surface area contributed by atoms with Crippen molar-refractivity contribution in [1.82, 2.24) is 9.71 Å². The quantitative estimate of drug-likeness (QED) is 0.795. The Morgan fingerprint density at radius 1 is 1.44 bits per heavy atom. The van der Waals surface area contributed by atoms with Crippen molar-refractivity contribution in [2.75, 3.05) is 20.3 Å². The Morgan fingerprint density at radius 2 is 2.12 bits per heavy atom. The molecule has 0 bridgehead atoms. The molecule has 0 aromatic carbocycles. The van der Waals surface area contributed by atoms with E-state index in [0.29, 0.717) is 37.5 Å². The van der Waals surface area contributed by atoms with E-state index in [0.717, 1.165) is 12.6 Å². The predicted octanol–water partition coefficient (Wildman–Crippen LogP) is 2.87. The van der Waals surface area contributed by atoms with E-state index in [1.807, 2.05) is 20.8 Å². The van der Waals surface area contributed by atoms with Crippen LogP contribution < -0.4 is 9.46 Å². The van der Waals surface area contributed by atoms with Gasteiger partial charge in [-0.3, -0.25) is 0 Å². The van der Waals surface area contributed by atoms with Gasteiger partial charge in [0.05, 0.1) is 48.3 Å². The number of methoxy groups -OCH3 is 1. The molecule has 2 atom stereocenters. The number of halogens is 1. The van der Waals surface area contributed by atoms with E-state index in [9.17, 15) is 8.60 Å². The number of nitrogens with one attached hydrogen (secondary N) is 1. The first-order chi connectivity index (χ1) is 11.8. The van der Waals surface area contributed by atoms with Crippen molar-refractivity contribution < 1.29 is 22.8 Å². The molecule has 0 spiro atoms. The normalized spacial score (nSPS) is 18.8. The Balaban J connectivity index is 2.18. The molecule has 2 rings (SSSR count). The van der Waals surface area contributed by atoms with Crippen molar-refractivity contribution in [3.05, 3.63) is 23.6 Å². The minimum Gasteiger partial charge on any atom is -0.481 e. The molecule has 1 fully saturated rings. The Morgan fingerprint density at radius 3 is 2.72 bits per heavy atom. The molecule has 1 aliphatic rings. The van der Waals surface area contributed by atoms with Gasteiger partial charge in [-0.15, -0.1) is 0 Å². The number of hydrogen-bond acceptors (Lipinski definition) is 5. The molecule has 0 saturated carbocycles. The largest absolute Gasteiger partial charge is 0.481 e. The van der Waals surface area contributed by atoms with E-state index in [2.05, 4.69) is 9.71 Å². The summed E-state index contributed by atoms with van der Waals surface area (Å²) in [5.74, 6) is -0.149. The van der Waals surface area contributed by atoms with Gasteiger partial charge in [-0.2, -0.15) is 0 Å². The van der Waals surface area contributed by atoms with Crippen LogP contribution in [0.25, 0.3) is 0 Å². The smallest absolute Gasteiger partial charge is 0.218 e. The molecule has 1 aromatic heterocycles. The summed E-state index contributed by atoms with van der Waals surface area (Å²) in [6, 6.07) is 0.971. The molecule has 142 valence electrons. The molecule has 2 heterocycles. The van der Waals surface area contributed by atoms with E-state index in [4.69, 9.17) is 14.2 Å². The number of nitrogens with zero attached hydrogens (tertiary/aromatic N) is 1. The minimum absolute atomic E-state index is 0.298. The zero-order chi connectivity index (χ0) is 18.4. The third kappa shape index (κ3) is 5.99. The zero-order valence-electron chi connectivity index (χ0n) is 15.2. The molecular formula is C17H27FN2O4S. The molecule has 1 aromatic rings. The standard InChI is InChI=1S/C17H27FN2O4S/c1-17(2,3)25(21)20-14(6-7-15-23-8-5-9-24-15)13-10-12(18)11-19-16(13)22-4/h10-11,14-15,20H,5-9H2,1-4H3/t14?,25-/m1/s1. The Hall–Kier alpha value is -1.09. The summed E-state index contributed by atoms with van der Waals surface area (Å²) in [6.45, 7) is 6.97. The summed E-state index contributed by atoms with van der Waals surface area (Å²) in [5, 5.41) is 0. The number of rotatable bonds is 7.